The molecule has 0 unspecified atom stereocenters. The van der Waals surface area contributed by atoms with E-state index in [9.17, 15) is 4.79 Å². The first-order valence-corrected chi connectivity index (χ1v) is 5.99. The first-order valence-electron chi connectivity index (χ1n) is 5.99. The van der Waals surface area contributed by atoms with Gasteiger partial charge in [-0.1, -0.05) is 0 Å². The lowest BCUT2D eigenvalue weighted by Gasteiger charge is -2.32. The first-order chi connectivity index (χ1) is 8.58. The zero-order valence-corrected chi connectivity index (χ0v) is 11.0. The van der Waals surface area contributed by atoms with Crippen molar-refractivity contribution in [2.75, 3.05) is 53.4 Å². The van der Waals surface area contributed by atoms with E-state index in [0.717, 1.165) is 13.1 Å². The predicted molar refractivity (Wildman–Crippen MR) is 67.5 cm³/mol. The maximum Gasteiger partial charge on any atom is 0.266 e. The van der Waals surface area contributed by atoms with Gasteiger partial charge in [-0.05, 0) is 7.05 Å². The van der Waals surface area contributed by atoms with Crippen molar-refractivity contribution in [2.45, 2.75) is 0 Å². The van der Waals surface area contributed by atoms with Crippen LogP contribution in [-0.4, -0.2) is 79.1 Å². The van der Waals surface area contributed by atoms with Crippen molar-refractivity contribution in [3.8, 4) is 6.07 Å². The molecule has 6 heteroatoms. The molecule has 0 aromatic heterocycles. The van der Waals surface area contributed by atoms with Crippen LogP contribution in [0.4, 0.5) is 0 Å². The molecule has 18 heavy (non-hydrogen) atoms. The lowest BCUT2D eigenvalue weighted by Crippen LogP contribution is -2.47. The highest BCUT2D eigenvalue weighted by molar-refractivity contribution is 5.97. The summed E-state index contributed by atoms with van der Waals surface area (Å²) in [4.78, 5) is 17.6. The van der Waals surface area contributed by atoms with Crippen LogP contribution < -0.4 is 0 Å². The summed E-state index contributed by atoms with van der Waals surface area (Å²) in [6, 6.07) is 1.93. The summed E-state index contributed by atoms with van der Waals surface area (Å²) >= 11 is 0. The number of rotatable bonds is 4. The molecule has 1 rings (SSSR count). The van der Waals surface area contributed by atoms with E-state index in [2.05, 4.69) is 4.90 Å². The first kappa shape index (κ1) is 14.5. The summed E-state index contributed by atoms with van der Waals surface area (Å²) in [6.45, 7) is 3.36. The molecule has 0 aromatic carbocycles. The molecule has 1 aliphatic heterocycles. The van der Waals surface area contributed by atoms with Crippen molar-refractivity contribution < 1.29 is 9.90 Å². The Kier molecular flexibility index (Phi) is 5.62. The van der Waals surface area contributed by atoms with Gasteiger partial charge in [-0.3, -0.25) is 4.79 Å². The Morgan fingerprint density at radius 3 is 2.56 bits per heavy atom. The maximum absolute atomic E-state index is 12.1. The molecule has 1 N–H and O–H groups in total. The molecule has 0 saturated carbocycles. The van der Waals surface area contributed by atoms with Gasteiger partial charge in [0.2, 0.25) is 0 Å². The van der Waals surface area contributed by atoms with Crippen LogP contribution in [0.25, 0.3) is 0 Å². The van der Waals surface area contributed by atoms with Crippen molar-refractivity contribution in [1.82, 2.24) is 14.7 Å². The molecule has 1 saturated heterocycles. The standard InChI is InChI=1S/C12H20N4O2/c1-14-3-5-16(6-4-14)12(18)11(9-13)10-15(2)7-8-17/h10,17H,3-8H2,1-2H3/b11-10-. The Morgan fingerprint density at radius 2 is 2.06 bits per heavy atom. The topological polar surface area (TPSA) is 70.8 Å². The Bertz CT molecular complexity index is 354. The van der Waals surface area contributed by atoms with Crippen LogP contribution in [0, 0.1) is 11.3 Å². The average molecular weight is 252 g/mol. The Hall–Kier alpha value is -1.58. The van der Waals surface area contributed by atoms with Gasteiger partial charge in [0.05, 0.1) is 6.61 Å². The summed E-state index contributed by atoms with van der Waals surface area (Å²) in [5.74, 6) is -0.226. The van der Waals surface area contributed by atoms with E-state index in [1.807, 2.05) is 13.1 Å². The molecule has 6 nitrogen and oxygen atoms in total. The molecule has 0 atom stereocenters. The molecule has 0 radical (unpaired) electrons. The van der Waals surface area contributed by atoms with E-state index in [4.69, 9.17) is 10.4 Å². The summed E-state index contributed by atoms with van der Waals surface area (Å²) < 4.78 is 0. The molecule has 1 aliphatic rings. The van der Waals surface area contributed by atoms with Gasteiger partial charge >= 0.3 is 0 Å². The highest BCUT2D eigenvalue weighted by atomic mass is 16.3. The van der Waals surface area contributed by atoms with Crippen molar-refractivity contribution in [2.24, 2.45) is 0 Å². The number of hydrogen-bond donors (Lipinski definition) is 1. The van der Waals surface area contributed by atoms with Gasteiger partial charge in [0.1, 0.15) is 11.6 Å². The van der Waals surface area contributed by atoms with Crippen LogP contribution in [0.15, 0.2) is 11.8 Å². The molecule has 1 fully saturated rings. The fourth-order valence-electron chi connectivity index (χ4n) is 1.75. The Balaban J connectivity index is 2.65. The smallest absolute Gasteiger partial charge is 0.266 e. The van der Waals surface area contributed by atoms with E-state index in [0.29, 0.717) is 19.6 Å². The number of likely N-dealkylation sites (N-methyl/N-ethyl adjacent to an activating group) is 2. The number of nitrogens with zero attached hydrogens (tertiary/aromatic N) is 4. The van der Waals surface area contributed by atoms with E-state index < -0.39 is 0 Å². The quantitative estimate of drug-likeness (QED) is 0.518. The van der Waals surface area contributed by atoms with Gasteiger partial charge in [-0.25, -0.2) is 0 Å². The van der Waals surface area contributed by atoms with Crippen molar-refractivity contribution in [1.29, 1.82) is 5.26 Å². The second kappa shape index (κ2) is 6.99. The van der Waals surface area contributed by atoms with E-state index in [-0.39, 0.29) is 18.1 Å². The minimum atomic E-state index is -0.226. The summed E-state index contributed by atoms with van der Waals surface area (Å²) in [5, 5.41) is 17.8. The molecule has 0 spiro atoms. The van der Waals surface area contributed by atoms with Gasteiger partial charge in [0, 0.05) is 46.0 Å². The van der Waals surface area contributed by atoms with Gasteiger partial charge < -0.3 is 19.8 Å². The largest absolute Gasteiger partial charge is 0.395 e. The fraction of sp³-hybridized carbons (Fsp3) is 0.667. The third kappa shape index (κ3) is 4.02. The molecule has 0 aliphatic carbocycles. The second-order valence-electron chi connectivity index (χ2n) is 4.45. The zero-order chi connectivity index (χ0) is 13.5. The normalized spacial score (nSPS) is 17.4. The highest BCUT2D eigenvalue weighted by Crippen LogP contribution is 2.06. The summed E-state index contributed by atoms with van der Waals surface area (Å²) in [7, 11) is 3.74. The van der Waals surface area contributed by atoms with E-state index >= 15 is 0 Å². The number of hydrogen-bond acceptors (Lipinski definition) is 5. The average Bonchev–Trinajstić information content (AvgIpc) is 2.36. The monoisotopic (exact) mass is 252 g/mol. The van der Waals surface area contributed by atoms with Crippen LogP contribution in [0.3, 0.4) is 0 Å². The van der Waals surface area contributed by atoms with Crippen LogP contribution >= 0.6 is 0 Å². The molecule has 0 bridgehead atoms. The van der Waals surface area contributed by atoms with Gasteiger partial charge in [-0.2, -0.15) is 5.26 Å². The molecule has 100 valence electrons. The highest BCUT2D eigenvalue weighted by Gasteiger charge is 2.22. The third-order valence-electron chi connectivity index (χ3n) is 2.94. The molecule has 0 aromatic rings. The van der Waals surface area contributed by atoms with E-state index in [1.165, 1.54) is 6.20 Å². The number of amides is 1. The number of piperazine rings is 1. The van der Waals surface area contributed by atoms with Gasteiger partial charge in [0.15, 0.2) is 0 Å². The predicted octanol–water partition coefficient (Wildman–Crippen LogP) is -0.908. The third-order valence-corrected chi connectivity index (χ3v) is 2.94. The molecule has 1 heterocycles. The molecular weight excluding hydrogens is 232 g/mol. The minimum Gasteiger partial charge on any atom is -0.395 e. The second-order valence-corrected chi connectivity index (χ2v) is 4.45. The van der Waals surface area contributed by atoms with Crippen LogP contribution in [-0.2, 0) is 4.79 Å². The lowest BCUT2D eigenvalue weighted by atomic mass is 10.2. The van der Waals surface area contributed by atoms with Crippen LogP contribution in [0.5, 0.6) is 0 Å². The number of aliphatic hydroxyl groups excluding tert-OH is 1. The number of nitriles is 1. The lowest BCUT2D eigenvalue weighted by molar-refractivity contribution is -0.128. The van der Waals surface area contributed by atoms with E-state index in [1.54, 1.807) is 16.8 Å². The van der Waals surface area contributed by atoms with Crippen LogP contribution in [0.1, 0.15) is 0 Å². The summed E-state index contributed by atoms with van der Waals surface area (Å²) in [5.41, 5.74) is 0.121. The number of aliphatic hydroxyl groups is 1. The molecule has 1 amide bonds. The van der Waals surface area contributed by atoms with Crippen molar-refractivity contribution in [3.63, 3.8) is 0 Å². The Morgan fingerprint density at radius 1 is 1.44 bits per heavy atom. The van der Waals surface area contributed by atoms with Crippen LogP contribution in [0.2, 0.25) is 0 Å². The fourth-order valence-corrected chi connectivity index (χ4v) is 1.75. The molecular formula is C12H20N4O2. The SMILES string of the molecule is CN(/C=C(/C#N)C(=O)N1CCN(C)CC1)CCO. The number of carbonyl (C=O) groups excluding carboxylic acids is 1. The summed E-state index contributed by atoms with van der Waals surface area (Å²) in [6.07, 6.45) is 1.50. The number of carbonyl (C=O) groups is 1. The minimum absolute atomic E-state index is 0.00555. The van der Waals surface area contributed by atoms with Crippen molar-refractivity contribution in [3.05, 3.63) is 11.8 Å². The Labute approximate surface area is 108 Å². The van der Waals surface area contributed by atoms with Gasteiger partial charge in [-0.15, -0.1) is 0 Å². The van der Waals surface area contributed by atoms with Crippen molar-refractivity contribution >= 4 is 5.91 Å². The van der Waals surface area contributed by atoms with Gasteiger partial charge in [0.25, 0.3) is 5.91 Å². The maximum atomic E-state index is 12.1. The zero-order valence-electron chi connectivity index (χ0n) is 11.0.